The van der Waals surface area contributed by atoms with Gasteiger partial charge in [-0.3, -0.25) is 0 Å². The molecule has 0 aliphatic carbocycles. The summed E-state index contributed by atoms with van der Waals surface area (Å²) in [6, 6.07) is 10.0. The Morgan fingerprint density at radius 3 is 1.35 bits per heavy atom. The first-order valence-electron chi connectivity index (χ1n) is 14.7. The maximum Gasteiger partial charge on any atom is -0.0191 e. The van der Waals surface area contributed by atoms with Gasteiger partial charge in [-0.05, 0) is 102 Å². The number of rotatable bonds is 17. The summed E-state index contributed by atoms with van der Waals surface area (Å²) in [6.07, 6.45) is 19.0. The lowest BCUT2D eigenvalue weighted by Gasteiger charge is -2.22. The van der Waals surface area contributed by atoms with Crippen LogP contribution in [0.1, 0.15) is 133 Å². The minimum absolute atomic E-state index is 0.795. The second-order valence-electron chi connectivity index (χ2n) is 10.1. The van der Waals surface area contributed by atoms with Crippen LogP contribution in [0.4, 0.5) is 0 Å². The van der Waals surface area contributed by atoms with Crippen LogP contribution in [0.3, 0.4) is 0 Å². The Labute approximate surface area is 214 Å². The van der Waals surface area contributed by atoms with E-state index in [1.54, 1.807) is 44.0 Å². The first-order chi connectivity index (χ1) is 16.6. The van der Waals surface area contributed by atoms with E-state index in [1.165, 1.54) is 96.3 Å². The van der Waals surface area contributed by atoms with Crippen molar-refractivity contribution in [1.82, 2.24) is 0 Å². The summed E-state index contributed by atoms with van der Waals surface area (Å²) in [7, 11) is 0.795. The van der Waals surface area contributed by atoms with E-state index in [2.05, 4.69) is 65.8 Å². The van der Waals surface area contributed by atoms with Gasteiger partial charge in [0.2, 0.25) is 0 Å². The van der Waals surface area contributed by atoms with Crippen LogP contribution in [0.2, 0.25) is 0 Å². The van der Waals surface area contributed by atoms with Gasteiger partial charge in [0.15, 0.2) is 0 Å². The van der Waals surface area contributed by atoms with Crippen molar-refractivity contribution in [3.63, 3.8) is 0 Å². The fourth-order valence-corrected chi connectivity index (χ4v) is 6.85. The summed E-state index contributed by atoms with van der Waals surface area (Å²) in [5.74, 6) is 0. The van der Waals surface area contributed by atoms with Gasteiger partial charge >= 0.3 is 0 Å². The molecule has 0 fully saturated rings. The molecule has 0 aromatic heterocycles. The van der Waals surface area contributed by atoms with Crippen LogP contribution < -0.4 is 10.6 Å². The smallest absolute Gasteiger partial charge is 0.0191 e. The Kier molecular flexibility index (Phi) is 14.1. The largest absolute Gasteiger partial charge is 0.0654 e. The van der Waals surface area contributed by atoms with E-state index in [1.807, 2.05) is 0 Å². The average molecular weight is 481 g/mol. The van der Waals surface area contributed by atoms with Crippen LogP contribution >= 0.6 is 8.58 Å². The van der Waals surface area contributed by atoms with Gasteiger partial charge in [-0.2, -0.15) is 0 Å². The summed E-state index contributed by atoms with van der Waals surface area (Å²) >= 11 is 0. The zero-order valence-electron chi connectivity index (χ0n) is 23.4. The van der Waals surface area contributed by atoms with E-state index in [0.29, 0.717) is 0 Å². The maximum absolute atomic E-state index is 2.53. The van der Waals surface area contributed by atoms with Crippen LogP contribution in [0.15, 0.2) is 24.3 Å². The normalized spacial score (nSPS) is 11.7. The summed E-state index contributed by atoms with van der Waals surface area (Å²) in [5, 5.41) is 3.27. The lowest BCUT2D eigenvalue weighted by molar-refractivity contribution is 0.737. The number of hydrogen-bond acceptors (Lipinski definition) is 0. The Balaban J connectivity index is 2.58. The molecule has 34 heavy (non-hydrogen) atoms. The highest BCUT2D eigenvalue weighted by atomic mass is 31.1. The van der Waals surface area contributed by atoms with Crippen LogP contribution in [-0.4, -0.2) is 0 Å². The second-order valence-corrected chi connectivity index (χ2v) is 11.5. The molecule has 0 amide bonds. The first kappa shape index (κ1) is 29.1. The van der Waals surface area contributed by atoms with E-state index in [4.69, 9.17) is 0 Å². The van der Waals surface area contributed by atoms with Gasteiger partial charge in [0.25, 0.3) is 0 Å². The molecule has 0 saturated carbocycles. The molecule has 0 spiro atoms. The average Bonchev–Trinajstić information content (AvgIpc) is 2.84. The van der Waals surface area contributed by atoms with Crippen molar-refractivity contribution >= 4 is 19.2 Å². The third kappa shape index (κ3) is 8.22. The van der Waals surface area contributed by atoms with Crippen LogP contribution in [0.5, 0.6) is 0 Å². The molecule has 1 heteroatoms. The molecule has 190 valence electrons. The molecule has 2 aromatic rings. The second kappa shape index (κ2) is 16.5. The maximum atomic E-state index is 2.53. The molecule has 0 aliphatic rings. The third-order valence-corrected chi connectivity index (χ3v) is 8.68. The van der Waals surface area contributed by atoms with Gasteiger partial charge in [-0.1, -0.05) is 113 Å². The Morgan fingerprint density at radius 1 is 0.412 bits per heavy atom. The molecule has 1 unspecified atom stereocenters. The van der Waals surface area contributed by atoms with Crippen molar-refractivity contribution in [3.8, 4) is 0 Å². The van der Waals surface area contributed by atoms with E-state index in [0.717, 1.165) is 8.58 Å². The molecule has 2 aromatic carbocycles. The molecule has 0 nitrogen and oxygen atoms in total. The van der Waals surface area contributed by atoms with Gasteiger partial charge in [0.05, 0.1) is 0 Å². The lowest BCUT2D eigenvalue weighted by Crippen LogP contribution is -2.19. The topological polar surface area (TPSA) is 0 Å². The monoisotopic (exact) mass is 480 g/mol. The number of hydrogen-bond donors (Lipinski definition) is 0. The van der Waals surface area contributed by atoms with E-state index in [9.17, 15) is 0 Å². The van der Waals surface area contributed by atoms with E-state index < -0.39 is 0 Å². The summed E-state index contributed by atoms with van der Waals surface area (Å²) in [5.41, 5.74) is 10.1. The van der Waals surface area contributed by atoms with Gasteiger partial charge in [0.1, 0.15) is 0 Å². The standard InChI is InChI=1S/C33H53P/c1-7-13-19-27-23-25-33(31(21-15-9-3)29(27)20-14-8-2)34-32-24-22-26(16-10-4)28(17-11-5)30(32)18-12-6/h22-25,34H,7-21H2,1-6H3. The minimum atomic E-state index is 0.795. The Hall–Kier alpha value is -1.13. The summed E-state index contributed by atoms with van der Waals surface area (Å²) in [6.45, 7) is 14.0. The van der Waals surface area contributed by atoms with Gasteiger partial charge in [0, 0.05) is 0 Å². The first-order valence-corrected chi connectivity index (χ1v) is 15.7. The molecule has 0 N–H and O–H groups in total. The minimum Gasteiger partial charge on any atom is -0.0654 e. The molecule has 2 rings (SSSR count). The summed E-state index contributed by atoms with van der Waals surface area (Å²) in [4.78, 5) is 0. The molecular formula is C33H53P. The molecule has 0 radical (unpaired) electrons. The van der Waals surface area contributed by atoms with Gasteiger partial charge in [-0.25, -0.2) is 0 Å². The number of benzene rings is 2. The molecule has 0 bridgehead atoms. The Morgan fingerprint density at radius 2 is 0.824 bits per heavy atom. The van der Waals surface area contributed by atoms with Gasteiger partial charge in [-0.15, -0.1) is 0 Å². The third-order valence-electron chi connectivity index (χ3n) is 7.21. The van der Waals surface area contributed by atoms with Crippen LogP contribution in [0, 0.1) is 0 Å². The molecule has 0 heterocycles. The van der Waals surface area contributed by atoms with Crippen molar-refractivity contribution < 1.29 is 0 Å². The SMILES string of the molecule is CCCCc1ccc(Pc2ccc(CCC)c(CCC)c2CCC)c(CCCC)c1CCCC. The van der Waals surface area contributed by atoms with Crippen molar-refractivity contribution in [1.29, 1.82) is 0 Å². The van der Waals surface area contributed by atoms with Crippen molar-refractivity contribution in [2.75, 3.05) is 0 Å². The van der Waals surface area contributed by atoms with Gasteiger partial charge < -0.3 is 0 Å². The zero-order valence-corrected chi connectivity index (χ0v) is 24.4. The van der Waals surface area contributed by atoms with Crippen molar-refractivity contribution in [3.05, 3.63) is 57.6 Å². The summed E-state index contributed by atoms with van der Waals surface area (Å²) < 4.78 is 0. The number of unbranched alkanes of at least 4 members (excludes halogenated alkanes) is 3. The van der Waals surface area contributed by atoms with Crippen LogP contribution in [0.25, 0.3) is 0 Å². The highest BCUT2D eigenvalue weighted by Gasteiger charge is 2.17. The fraction of sp³-hybridized carbons (Fsp3) is 0.636. The molecule has 0 saturated heterocycles. The van der Waals surface area contributed by atoms with Crippen molar-refractivity contribution in [2.45, 2.75) is 138 Å². The predicted octanol–water partition coefficient (Wildman–Crippen LogP) is 9.20. The zero-order chi connectivity index (χ0) is 24.8. The van der Waals surface area contributed by atoms with E-state index >= 15 is 0 Å². The molecule has 1 atom stereocenters. The van der Waals surface area contributed by atoms with E-state index in [-0.39, 0.29) is 0 Å². The highest BCUT2D eigenvalue weighted by molar-refractivity contribution is 7.55. The molecule has 0 aliphatic heterocycles. The Bertz CT molecular complexity index is 848. The quantitative estimate of drug-likeness (QED) is 0.198. The molecular weight excluding hydrogens is 427 g/mol. The number of aryl methyl sites for hydroxylation is 2. The van der Waals surface area contributed by atoms with Crippen molar-refractivity contribution in [2.24, 2.45) is 0 Å². The predicted molar refractivity (Wildman–Crippen MR) is 158 cm³/mol. The fourth-order valence-electron chi connectivity index (χ4n) is 5.37. The lowest BCUT2D eigenvalue weighted by atomic mass is 9.91. The highest BCUT2D eigenvalue weighted by Crippen LogP contribution is 2.28. The van der Waals surface area contributed by atoms with Crippen LogP contribution in [-0.2, 0) is 38.5 Å².